The first kappa shape index (κ1) is 13.6. The molecule has 6 heteroatoms. The van der Waals surface area contributed by atoms with Gasteiger partial charge in [0.2, 0.25) is 5.76 Å². The summed E-state index contributed by atoms with van der Waals surface area (Å²) in [5.74, 6) is -0.994. The van der Waals surface area contributed by atoms with E-state index in [1.54, 1.807) is 12.1 Å². The van der Waals surface area contributed by atoms with Crippen molar-refractivity contribution in [3.8, 4) is 0 Å². The van der Waals surface area contributed by atoms with Crippen molar-refractivity contribution >= 4 is 40.2 Å². The number of hydrogen-bond acceptors (Lipinski definition) is 4. The van der Waals surface area contributed by atoms with E-state index in [0.29, 0.717) is 5.69 Å². The quantitative estimate of drug-likeness (QED) is 0.663. The van der Waals surface area contributed by atoms with Crippen LogP contribution in [-0.4, -0.2) is 18.5 Å². The maximum atomic E-state index is 11.6. The van der Waals surface area contributed by atoms with Gasteiger partial charge < -0.3 is 14.5 Å². The number of amides is 1. The van der Waals surface area contributed by atoms with E-state index >= 15 is 0 Å². The van der Waals surface area contributed by atoms with Crippen molar-refractivity contribution in [1.29, 1.82) is 0 Å². The molecule has 1 aromatic heterocycles. The van der Waals surface area contributed by atoms with Gasteiger partial charge in [0, 0.05) is 9.26 Å². The first-order valence-corrected chi connectivity index (χ1v) is 6.49. The number of benzene rings is 1. The Morgan fingerprint density at radius 1 is 1.26 bits per heavy atom. The Hall–Kier alpha value is -1.83. The molecular weight excluding hydrogens is 361 g/mol. The minimum Gasteiger partial charge on any atom is -0.457 e. The third-order valence-corrected chi connectivity index (χ3v) is 2.84. The number of ether oxygens (including phenoxy) is 1. The van der Waals surface area contributed by atoms with E-state index in [2.05, 4.69) is 27.9 Å². The van der Waals surface area contributed by atoms with E-state index in [9.17, 15) is 9.59 Å². The summed E-state index contributed by atoms with van der Waals surface area (Å²) in [5.41, 5.74) is 0.658. The zero-order valence-electron chi connectivity index (χ0n) is 9.76. The van der Waals surface area contributed by atoms with E-state index in [4.69, 9.17) is 9.15 Å². The second kappa shape index (κ2) is 6.37. The predicted molar refractivity (Wildman–Crippen MR) is 76.8 cm³/mol. The van der Waals surface area contributed by atoms with Crippen LogP contribution in [0.1, 0.15) is 10.6 Å². The molecule has 2 aromatic rings. The lowest BCUT2D eigenvalue weighted by atomic mass is 10.3. The van der Waals surface area contributed by atoms with Crippen LogP contribution in [0, 0.1) is 3.57 Å². The number of esters is 1. The van der Waals surface area contributed by atoms with Crippen molar-refractivity contribution in [2.24, 2.45) is 0 Å². The van der Waals surface area contributed by atoms with Crippen LogP contribution in [0.2, 0.25) is 0 Å². The first-order chi connectivity index (χ1) is 9.15. The van der Waals surface area contributed by atoms with Crippen LogP contribution in [0.25, 0.3) is 0 Å². The van der Waals surface area contributed by atoms with E-state index < -0.39 is 11.9 Å². The molecule has 0 atom stereocenters. The molecule has 98 valence electrons. The number of nitrogens with one attached hydrogen (secondary N) is 1. The van der Waals surface area contributed by atoms with E-state index in [1.807, 2.05) is 18.2 Å². The molecule has 1 amide bonds. The summed E-state index contributed by atoms with van der Waals surface area (Å²) in [4.78, 5) is 23.0. The minimum absolute atomic E-state index is 0.0714. The fraction of sp³-hybridized carbons (Fsp3) is 0.0769. The molecule has 0 radical (unpaired) electrons. The molecule has 0 spiro atoms. The molecule has 0 unspecified atom stereocenters. The van der Waals surface area contributed by atoms with Gasteiger partial charge in [0.1, 0.15) is 0 Å². The van der Waals surface area contributed by atoms with Crippen LogP contribution < -0.4 is 5.32 Å². The molecule has 1 N–H and O–H groups in total. The molecule has 0 saturated carbocycles. The molecule has 0 saturated heterocycles. The second-order valence-corrected chi connectivity index (χ2v) is 4.86. The van der Waals surface area contributed by atoms with Gasteiger partial charge in [-0.3, -0.25) is 4.79 Å². The highest BCUT2D eigenvalue weighted by atomic mass is 127. The zero-order chi connectivity index (χ0) is 13.7. The number of halogens is 1. The fourth-order valence-electron chi connectivity index (χ4n) is 1.36. The smallest absolute Gasteiger partial charge is 0.374 e. The normalized spacial score (nSPS) is 9.95. The summed E-state index contributed by atoms with van der Waals surface area (Å²) in [6.45, 7) is -0.356. The summed E-state index contributed by atoms with van der Waals surface area (Å²) in [5, 5.41) is 2.63. The van der Waals surface area contributed by atoms with Crippen molar-refractivity contribution in [3.63, 3.8) is 0 Å². The lowest BCUT2D eigenvalue weighted by Crippen LogP contribution is -2.20. The zero-order valence-corrected chi connectivity index (χ0v) is 11.9. The van der Waals surface area contributed by atoms with E-state index in [-0.39, 0.29) is 12.4 Å². The van der Waals surface area contributed by atoms with Crippen molar-refractivity contribution in [2.75, 3.05) is 11.9 Å². The van der Waals surface area contributed by atoms with Crippen LogP contribution in [-0.2, 0) is 9.53 Å². The van der Waals surface area contributed by atoms with E-state index in [1.165, 1.54) is 12.3 Å². The van der Waals surface area contributed by atoms with Gasteiger partial charge in [0.05, 0.1) is 6.26 Å². The predicted octanol–water partition coefficient (Wildman–Crippen LogP) is 2.68. The third-order valence-electron chi connectivity index (χ3n) is 2.17. The largest absolute Gasteiger partial charge is 0.457 e. The molecular formula is C13H10INO4. The highest BCUT2D eigenvalue weighted by Gasteiger charge is 2.12. The van der Waals surface area contributed by atoms with Gasteiger partial charge in [0.15, 0.2) is 6.61 Å². The maximum Gasteiger partial charge on any atom is 0.374 e. The number of carbonyl (C=O) groups excluding carboxylic acids is 2. The van der Waals surface area contributed by atoms with Crippen molar-refractivity contribution < 1.29 is 18.7 Å². The Balaban J connectivity index is 1.83. The van der Waals surface area contributed by atoms with Gasteiger partial charge >= 0.3 is 5.97 Å². The summed E-state index contributed by atoms with van der Waals surface area (Å²) in [7, 11) is 0. The Morgan fingerprint density at radius 2 is 2.11 bits per heavy atom. The van der Waals surface area contributed by atoms with Gasteiger partial charge in [-0.25, -0.2) is 4.79 Å². The molecule has 1 heterocycles. The SMILES string of the molecule is O=C(COC(=O)c1ccco1)Nc1cccc(I)c1. The average molecular weight is 371 g/mol. The standard InChI is InChI=1S/C13H10INO4/c14-9-3-1-4-10(7-9)15-12(16)8-19-13(17)11-5-2-6-18-11/h1-7H,8H2,(H,15,16). The average Bonchev–Trinajstić information content (AvgIpc) is 2.90. The summed E-state index contributed by atoms with van der Waals surface area (Å²) in [6.07, 6.45) is 1.36. The summed E-state index contributed by atoms with van der Waals surface area (Å²) >= 11 is 2.14. The van der Waals surface area contributed by atoms with Gasteiger partial charge in [-0.1, -0.05) is 6.07 Å². The number of anilines is 1. The number of rotatable bonds is 4. The molecule has 2 rings (SSSR count). The molecule has 0 aliphatic carbocycles. The van der Waals surface area contributed by atoms with Crippen LogP contribution in [0.15, 0.2) is 47.1 Å². The lowest BCUT2D eigenvalue weighted by molar-refractivity contribution is -0.119. The molecule has 0 aliphatic heterocycles. The first-order valence-electron chi connectivity index (χ1n) is 5.41. The van der Waals surface area contributed by atoms with Crippen LogP contribution in [0.4, 0.5) is 5.69 Å². The summed E-state index contributed by atoms with van der Waals surface area (Å²) in [6, 6.07) is 10.4. The van der Waals surface area contributed by atoms with Crippen LogP contribution in [0.3, 0.4) is 0 Å². The third kappa shape index (κ3) is 4.09. The minimum atomic E-state index is -0.664. The Morgan fingerprint density at radius 3 is 2.79 bits per heavy atom. The molecule has 5 nitrogen and oxygen atoms in total. The molecule has 0 fully saturated rings. The van der Waals surface area contributed by atoms with Crippen LogP contribution in [0.5, 0.6) is 0 Å². The van der Waals surface area contributed by atoms with Gasteiger partial charge in [0.25, 0.3) is 5.91 Å². The van der Waals surface area contributed by atoms with Crippen molar-refractivity contribution in [3.05, 3.63) is 52.0 Å². The molecule has 1 aromatic carbocycles. The molecule has 0 bridgehead atoms. The summed E-state index contributed by atoms with van der Waals surface area (Å²) < 4.78 is 10.7. The topological polar surface area (TPSA) is 68.5 Å². The number of carbonyl (C=O) groups is 2. The van der Waals surface area contributed by atoms with Crippen molar-refractivity contribution in [1.82, 2.24) is 0 Å². The monoisotopic (exact) mass is 371 g/mol. The van der Waals surface area contributed by atoms with Crippen LogP contribution >= 0.6 is 22.6 Å². The van der Waals surface area contributed by atoms with Gasteiger partial charge in [-0.05, 0) is 52.9 Å². The highest BCUT2D eigenvalue weighted by molar-refractivity contribution is 14.1. The Kier molecular flexibility index (Phi) is 4.56. The van der Waals surface area contributed by atoms with Crippen molar-refractivity contribution in [2.45, 2.75) is 0 Å². The number of hydrogen-bond donors (Lipinski definition) is 1. The fourth-order valence-corrected chi connectivity index (χ4v) is 1.90. The number of furan rings is 1. The highest BCUT2D eigenvalue weighted by Crippen LogP contribution is 2.12. The molecule has 19 heavy (non-hydrogen) atoms. The van der Waals surface area contributed by atoms with Gasteiger partial charge in [-0.2, -0.15) is 0 Å². The maximum absolute atomic E-state index is 11.6. The van der Waals surface area contributed by atoms with E-state index in [0.717, 1.165) is 3.57 Å². The Bertz CT molecular complexity index is 580. The molecule has 0 aliphatic rings. The van der Waals surface area contributed by atoms with Gasteiger partial charge in [-0.15, -0.1) is 0 Å². The Labute approximate surface area is 123 Å². The second-order valence-electron chi connectivity index (χ2n) is 3.61. The lowest BCUT2D eigenvalue weighted by Gasteiger charge is -2.05.